The summed E-state index contributed by atoms with van der Waals surface area (Å²) in [5, 5.41) is 5.71. The highest BCUT2D eigenvalue weighted by molar-refractivity contribution is 5.78. The number of hydrogen-bond acceptors (Lipinski definition) is 4. The van der Waals surface area contributed by atoms with Crippen LogP contribution in [0.25, 0.3) is 0 Å². The Morgan fingerprint density at radius 3 is 2.65 bits per heavy atom. The molecule has 0 radical (unpaired) electrons. The van der Waals surface area contributed by atoms with Gasteiger partial charge in [-0.1, -0.05) is 18.2 Å². The summed E-state index contributed by atoms with van der Waals surface area (Å²) >= 11 is 0. The van der Waals surface area contributed by atoms with E-state index in [1.807, 2.05) is 18.2 Å². The summed E-state index contributed by atoms with van der Waals surface area (Å²) < 4.78 is 4.73. The Labute approximate surface area is 137 Å². The van der Waals surface area contributed by atoms with Gasteiger partial charge in [0.05, 0.1) is 12.5 Å². The van der Waals surface area contributed by atoms with Crippen molar-refractivity contribution in [3.05, 3.63) is 30.3 Å². The quantitative estimate of drug-likeness (QED) is 0.812. The highest BCUT2D eigenvalue weighted by atomic mass is 16.5. The first-order valence-corrected chi connectivity index (χ1v) is 7.85. The molecule has 2 amide bonds. The minimum atomic E-state index is -0.738. The number of amides is 2. The summed E-state index contributed by atoms with van der Waals surface area (Å²) in [5.74, 6) is -0.339. The van der Waals surface area contributed by atoms with Crippen LogP contribution in [-0.4, -0.2) is 44.8 Å². The van der Waals surface area contributed by atoms with Gasteiger partial charge in [0.2, 0.25) is 0 Å². The third-order valence-corrected chi connectivity index (χ3v) is 4.07. The molecule has 1 saturated heterocycles. The largest absolute Gasteiger partial charge is 0.469 e. The van der Waals surface area contributed by atoms with Crippen molar-refractivity contribution in [1.29, 1.82) is 0 Å². The lowest BCUT2D eigenvalue weighted by Crippen LogP contribution is -2.47. The highest BCUT2D eigenvalue weighted by Gasteiger charge is 2.30. The van der Waals surface area contributed by atoms with Crippen LogP contribution in [0, 0.1) is 5.41 Å². The molecule has 2 rings (SSSR count). The number of nitrogens with zero attached hydrogens (tertiary/aromatic N) is 1. The Morgan fingerprint density at radius 1 is 1.30 bits per heavy atom. The van der Waals surface area contributed by atoms with Gasteiger partial charge < -0.3 is 20.3 Å². The van der Waals surface area contributed by atoms with Crippen molar-refractivity contribution >= 4 is 17.7 Å². The summed E-state index contributed by atoms with van der Waals surface area (Å²) in [6, 6.07) is 10.0. The molecule has 6 nitrogen and oxygen atoms in total. The van der Waals surface area contributed by atoms with Crippen molar-refractivity contribution in [1.82, 2.24) is 10.6 Å². The minimum absolute atomic E-state index is 0.108. The summed E-state index contributed by atoms with van der Waals surface area (Å²) in [5.41, 5.74) is 0.432. The van der Waals surface area contributed by atoms with Gasteiger partial charge in [-0.25, -0.2) is 4.79 Å². The fourth-order valence-corrected chi connectivity index (χ4v) is 2.64. The predicted molar refractivity (Wildman–Crippen MR) is 89.4 cm³/mol. The summed E-state index contributed by atoms with van der Waals surface area (Å²) in [7, 11) is 1.35. The average Bonchev–Trinajstić information content (AvgIpc) is 3.01. The number of carbonyl (C=O) groups is 2. The average molecular weight is 319 g/mol. The van der Waals surface area contributed by atoms with Gasteiger partial charge in [-0.05, 0) is 32.4 Å². The fourth-order valence-electron chi connectivity index (χ4n) is 2.64. The van der Waals surface area contributed by atoms with Gasteiger partial charge in [-0.15, -0.1) is 0 Å². The third-order valence-electron chi connectivity index (χ3n) is 4.07. The first-order valence-electron chi connectivity index (χ1n) is 7.85. The number of anilines is 1. The zero-order chi connectivity index (χ0) is 16.9. The van der Waals surface area contributed by atoms with Crippen molar-refractivity contribution in [3.63, 3.8) is 0 Å². The second kappa shape index (κ2) is 7.35. The normalized spacial score (nSPS) is 17.7. The molecule has 1 atom stereocenters. The first kappa shape index (κ1) is 17.1. The number of ether oxygens (including phenoxy) is 1. The zero-order valence-corrected chi connectivity index (χ0v) is 14.0. The van der Waals surface area contributed by atoms with Gasteiger partial charge in [0.25, 0.3) is 0 Å². The number of para-hydroxylation sites is 1. The van der Waals surface area contributed by atoms with Crippen LogP contribution in [0.1, 0.15) is 20.3 Å². The van der Waals surface area contributed by atoms with E-state index >= 15 is 0 Å². The maximum Gasteiger partial charge on any atom is 0.315 e. The highest BCUT2D eigenvalue weighted by Crippen LogP contribution is 2.19. The Hall–Kier alpha value is -2.24. The van der Waals surface area contributed by atoms with Crippen molar-refractivity contribution < 1.29 is 14.3 Å². The number of carbonyl (C=O) groups excluding carboxylic acids is 2. The molecule has 1 aliphatic rings. The molecule has 126 valence electrons. The molecule has 0 aliphatic carbocycles. The van der Waals surface area contributed by atoms with Crippen LogP contribution >= 0.6 is 0 Å². The molecular formula is C17H25N3O3. The Balaban J connectivity index is 1.78. The molecule has 6 heteroatoms. The number of rotatable bonds is 5. The maximum atomic E-state index is 12.0. The molecule has 0 saturated carbocycles. The van der Waals surface area contributed by atoms with E-state index in [-0.39, 0.29) is 24.6 Å². The van der Waals surface area contributed by atoms with Gasteiger partial charge >= 0.3 is 12.0 Å². The van der Waals surface area contributed by atoms with Gasteiger partial charge in [-0.3, -0.25) is 4.79 Å². The SMILES string of the molecule is COC(=O)C(C)(C)CNC(=O)NC1CCN(c2ccccc2)C1. The van der Waals surface area contributed by atoms with Gasteiger partial charge in [0.1, 0.15) is 0 Å². The summed E-state index contributed by atoms with van der Waals surface area (Å²) in [6.45, 7) is 5.43. The molecule has 1 aliphatic heterocycles. The van der Waals surface area contributed by atoms with Crippen LogP contribution in [0.2, 0.25) is 0 Å². The van der Waals surface area contributed by atoms with Crippen LogP contribution in [0.3, 0.4) is 0 Å². The van der Waals surface area contributed by atoms with E-state index in [4.69, 9.17) is 4.74 Å². The lowest BCUT2D eigenvalue weighted by molar-refractivity contribution is -0.150. The Morgan fingerprint density at radius 2 is 2.00 bits per heavy atom. The molecule has 0 aromatic heterocycles. The lowest BCUT2D eigenvalue weighted by atomic mass is 9.94. The topological polar surface area (TPSA) is 70.7 Å². The third kappa shape index (κ3) is 4.61. The van der Waals surface area contributed by atoms with E-state index in [1.54, 1.807) is 13.8 Å². The first-order chi connectivity index (χ1) is 10.9. The van der Waals surface area contributed by atoms with E-state index in [1.165, 1.54) is 12.8 Å². The second-order valence-corrected chi connectivity index (χ2v) is 6.47. The summed E-state index contributed by atoms with van der Waals surface area (Å²) in [6.07, 6.45) is 0.905. The molecule has 1 heterocycles. The van der Waals surface area contributed by atoms with Gasteiger partial charge in [-0.2, -0.15) is 0 Å². The van der Waals surface area contributed by atoms with E-state index in [2.05, 4.69) is 27.7 Å². The van der Waals surface area contributed by atoms with E-state index < -0.39 is 5.41 Å². The molecule has 1 aromatic carbocycles. The van der Waals surface area contributed by atoms with Gasteiger partial charge in [0, 0.05) is 31.4 Å². The molecule has 1 unspecified atom stereocenters. The number of urea groups is 1. The van der Waals surface area contributed by atoms with Crippen LogP contribution < -0.4 is 15.5 Å². The molecule has 0 bridgehead atoms. The van der Waals surface area contributed by atoms with Crippen molar-refractivity contribution in [2.24, 2.45) is 5.41 Å². The maximum absolute atomic E-state index is 12.0. The zero-order valence-electron chi connectivity index (χ0n) is 14.0. The van der Waals surface area contributed by atoms with Crippen LogP contribution in [0.5, 0.6) is 0 Å². The Bertz CT molecular complexity index is 545. The van der Waals surface area contributed by atoms with E-state index in [0.29, 0.717) is 0 Å². The number of hydrogen-bond donors (Lipinski definition) is 2. The van der Waals surface area contributed by atoms with Crippen LogP contribution in [0.15, 0.2) is 30.3 Å². The van der Waals surface area contributed by atoms with Gasteiger partial charge in [0.15, 0.2) is 0 Å². The van der Waals surface area contributed by atoms with Crippen molar-refractivity contribution in [2.45, 2.75) is 26.3 Å². The van der Waals surface area contributed by atoms with Crippen LogP contribution in [0.4, 0.5) is 10.5 Å². The fraction of sp³-hybridized carbons (Fsp3) is 0.529. The number of nitrogens with one attached hydrogen (secondary N) is 2. The molecule has 1 fully saturated rings. The molecular weight excluding hydrogens is 294 g/mol. The monoisotopic (exact) mass is 319 g/mol. The van der Waals surface area contributed by atoms with Crippen molar-refractivity contribution in [3.8, 4) is 0 Å². The molecule has 0 spiro atoms. The smallest absolute Gasteiger partial charge is 0.315 e. The van der Waals surface area contributed by atoms with Crippen LogP contribution in [-0.2, 0) is 9.53 Å². The molecule has 23 heavy (non-hydrogen) atoms. The minimum Gasteiger partial charge on any atom is -0.469 e. The van der Waals surface area contributed by atoms with Crippen molar-refractivity contribution in [2.75, 3.05) is 31.6 Å². The predicted octanol–water partition coefficient (Wildman–Crippen LogP) is 1.76. The molecule has 2 N–H and O–H groups in total. The number of benzene rings is 1. The number of esters is 1. The summed E-state index contributed by atoms with van der Waals surface area (Å²) in [4.78, 5) is 25.9. The standard InChI is InChI=1S/C17H25N3O3/c1-17(2,15(21)23-3)12-18-16(22)19-13-9-10-20(11-13)14-7-5-4-6-8-14/h4-8,13H,9-12H2,1-3H3,(H2,18,19,22). The van der Waals surface area contributed by atoms with E-state index in [0.717, 1.165) is 19.5 Å². The number of methoxy groups -OCH3 is 1. The Kier molecular flexibility index (Phi) is 5.47. The molecule has 1 aromatic rings. The van der Waals surface area contributed by atoms with E-state index in [9.17, 15) is 9.59 Å². The second-order valence-electron chi connectivity index (χ2n) is 6.47. The lowest BCUT2D eigenvalue weighted by Gasteiger charge is -2.23.